The Morgan fingerprint density at radius 1 is 1.75 bits per heavy atom. The second-order valence-corrected chi connectivity index (χ2v) is 2.99. The second kappa shape index (κ2) is 6.51. The minimum absolute atomic E-state index is 0.0848. The summed E-state index contributed by atoms with van der Waals surface area (Å²) >= 11 is 0. The van der Waals surface area contributed by atoms with E-state index in [0.29, 0.717) is 5.82 Å². The van der Waals surface area contributed by atoms with Crippen LogP contribution in [-0.4, -0.2) is 37.3 Å². The van der Waals surface area contributed by atoms with Crippen molar-refractivity contribution in [1.82, 2.24) is 9.55 Å². The summed E-state index contributed by atoms with van der Waals surface area (Å²) in [6, 6.07) is 0. The summed E-state index contributed by atoms with van der Waals surface area (Å²) in [5.41, 5.74) is 0. The lowest BCUT2D eigenvalue weighted by molar-refractivity contribution is -0.392. The summed E-state index contributed by atoms with van der Waals surface area (Å²) in [5, 5.41) is 26.5. The molecule has 0 saturated heterocycles. The molecule has 0 spiro atoms. The molecule has 0 aromatic carbocycles. The van der Waals surface area contributed by atoms with Crippen LogP contribution in [-0.2, 0) is 11.3 Å². The van der Waals surface area contributed by atoms with E-state index in [9.17, 15) is 10.1 Å². The molecular formula is C8H13N3O5. The fourth-order valence-electron chi connectivity index (χ4n) is 1.09. The molecule has 0 radical (unpaired) electrons. The molecule has 1 aromatic heterocycles. The Morgan fingerprint density at radius 3 is 2.62 bits per heavy atom. The van der Waals surface area contributed by atoms with Crippen molar-refractivity contribution in [2.75, 3.05) is 0 Å². The third-order valence-electron chi connectivity index (χ3n) is 1.67. The Hall–Kier alpha value is -1.96. The lowest BCUT2D eigenvalue weighted by Gasteiger charge is -2.04. The zero-order chi connectivity index (χ0) is 12.7. The number of rotatable bonds is 3. The Morgan fingerprint density at radius 2 is 2.25 bits per heavy atom. The molecule has 16 heavy (non-hydrogen) atoms. The van der Waals surface area contributed by atoms with Gasteiger partial charge in [-0.05, 0) is 11.8 Å². The Bertz CT molecular complexity index is 361. The van der Waals surface area contributed by atoms with E-state index in [4.69, 9.17) is 15.0 Å². The first-order chi connectivity index (χ1) is 7.43. The van der Waals surface area contributed by atoms with Crippen LogP contribution in [0.25, 0.3) is 0 Å². The molecule has 1 atom stereocenters. The number of nitrogens with zero attached hydrogens (tertiary/aromatic N) is 3. The maximum Gasteiger partial charge on any atom is 0.342 e. The highest BCUT2D eigenvalue weighted by atomic mass is 16.6. The van der Waals surface area contributed by atoms with Gasteiger partial charge in [-0.1, -0.05) is 0 Å². The molecule has 8 heteroatoms. The van der Waals surface area contributed by atoms with E-state index in [2.05, 4.69) is 4.98 Å². The van der Waals surface area contributed by atoms with Gasteiger partial charge in [0.25, 0.3) is 6.47 Å². The number of hydrogen-bond acceptors (Lipinski definition) is 5. The van der Waals surface area contributed by atoms with Gasteiger partial charge in [0.1, 0.15) is 12.7 Å². The topological polar surface area (TPSA) is 118 Å². The molecule has 0 fully saturated rings. The first-order valence-electron chi connectivity index (χ1n) is 4.36. The number of aryl methyl sites for hydroxylation is 1. The van der Waals surface area contributed by atoms with Crippen molar-refractivity contribution >= 4 is 12.3 Å². The molecule has 1 rings (SSSR count). The first-order valence-corrected chi connectivity index (χ1v) is 4.36. The fraction of sp³-hybridized carbons (Fsp3) is 0.500. The lowest BCUT2D eigenvalue weighted by atomic mass is 10.4. The van der Waals surface area contributed by atoms with Crippen LogP contribution in [0.1, 0.15) is 12.7 Å². The minimum atomic E-state index is -0.619. The highest BCUT2D eigenvalue weighted by Crippen LogP contribution is 2.13. The average Bonchev–Trinajstić information content (AvgIpc) is 2.48. The monoisotopic (exact) mass is 231 g/mol. The molecule has 0 bridgehead atoms. The molecule has 1 heterocycles. The van der Waals surface area contributed by atoms with Crippen LogP contribution in [0.5, 0.6) is 0 Å². The quantitative estimate of drug-likeness (QED) is 0.435. The van der Waals surface area contributed by atoms with Crippen molar-refractivity contribution in [3.63, 3.8) is 0 Å². The second-order valence-electron chi connectivity index (χ2n) is 2.99. The molecule has 1 unspecified atom stereocenters. The van der Waals surface area contributed by atoms with E-state index in [1.165, 1.54) is 10.8 Å². The van der Waals surface area contributed by atoms with Crippen molar-refractivity contribution in [3.8, 4) is 0 Å². The van der Waals surface area contributed by atoms with Gasteiger partial charge in [0, 0.05) is 6.92 Å². The van der Waals surface area contributed by atoms with Gasteiger partial charge in [0.2, 0.25) is 0 Å². The van der Waals surface area contributed by atoms with Crippen molar-refractivity contribution in [1.29, 1.82) is 0 Å². The van der Waals surface area contributed by atoms with Gasteiger partial charge in [-0.15, -0.1) is 0 Å². The number of carbonyl (C=O) groups is 1. The van der Waals surface area contributed by atoms with Crippen LogP contribution in [0.3, 0.4) is 0 Å². The largest absolute Gasteiger partial charge is 0.483 e. The maximum absolute atomic E-state index is 10.5. The molecule has 0 aliphatic carbocycles. The predicted octanol–water partition coefficient (Wildman–Crippen LogP) is 0.181. The zero-order valence-corrected chi connectivity index (χ0v) is 8.90. The molecule has 1 aromatic rings. The third-order valence-corrected chi connectivity index (χ3v) is 1.67. The van der Waals surface area contributed by atoms with Crippen molar-refractivity contribution in [2.24, 2.45) is 0 Å². The number of imidazole rings is 1. The summed E-state index contributed by atoms with van der Waals surface area (Å²) in [7, 11) is 0. The van der Waals surface area contributed by atoms with E-state index in [0.717, 1.165) is 0 Å². The van der Waals surface area contributed by atoms with Crippen LogP contribution in [0, 0.1) is 17.0 Å². The summed E-state index contributed by atoms with van der Waals surface area (Å²) in [4.78, 5) is 22.1. The number of hydrogen-bond donors (Lipinski definition) is 2. The van der Waals surface area contributed by atoms with E-state index in [-0.39, 0.29) is 18.8 Å². The summed E-state index contributed by atoms with van der Waals surface area (Å²) in [6.07, 6.45) is 0.573. The Kier molecular flexibility index (Phi) is 5.71. The molecule has 8 nitrogen and oxygen atoms in total. The number of aliphatic hydroxyl groups is 1. The highest BCUT2D eigenvalue weighted by molar-refractivity contribution is 5.32. The van der Waals surface area contributed by atoms with Crippen LogP contribution in [0.2, 0.25) is 0 Å². The number of carboxylic acid groups (broad SMARTS) is 1. The molecule has 0 aliphatic rings. The summed E-state index contributed by atoms with van der Waals surface area (Å²) < 4.78 is 1.38. The van der Waals surface area contributed by atoms with Crippen LogP contribution in [0.4, 0.5) is 5.82 Å². The van der Waals surface area contributed by atoms with Gasteiger partial charge in [-0.25, -0.2) is 9.55 Å². The SMILES string of the molecule is Cc1ncc([N+](=O)[O-])n1CC(C)O.O=CO. The van der Waals surface area contributed by atoms with Gasteiger partial charge >= 0.3 is 5.82 Å². The molecule has 0 saturated carbocycles. The number of aromatic nitrogens is 2. The normalized spacial score (nSPS) is 11.2. The first kappa shape index (κ1) is 14.0. The molecular weight excluding hydrogens is 218 g/mol. The van der Waals surface area contributed by atoms with Crippen molar-refractivity contribution in [3.05, 3.63) is 22.1 Å². The summed E-state index contributed by atoms with van der Waals surface area (Å²) in [6.45, 7) is 3.18. The van der Waals surface area contributed by atoms with Crippen molar-refractivity contribution in [2.45, 2.75) is 26.5 Å². The third kappa shape index (κ3) is 4.05. The Labute approximate surface area is 91.3 Å². The van der Waals surface area contributed by atoms with E-state index in [1.807, 2.05) is 0 Å². The minimum Gasteiger partial charge on any atom is -0.483 e. The van der Waals surface area contributed by atoms with E-state index >= 15 is 0 Å². The zero-order valence-electron chi connectivity index (χ0n) is 8.90. The number of aliphatic hydroxyl groups excluding tert-OH is 1. The average molecular weight is 231 g/mol. The predicted molar refractivity (Wildman–Crippen MR) is 54.0 cm³/mol. The Balaban J connectivity index is 0.000000673. The van der Waals surface area contributed by atoms with Gasteiger partial charge in [-0.3, -0.25) is 4.79 Å². The maximum atomic E-state index is 10.5. The molecule has 0 aliphatic heterocycles. The highest BCUT2D eigenvalue weighted by Gasteiger charge is 2.18. The lowest BCUT2D eigenvalue weighted by Crippen LogP contribution is -2.14. The van der Waals surface area contributed by atoms with Gasteiger partial charge in [0.15, 0.2) is 5.82 Å². The van der Waals surface area contributed by atoms with Crippen LogP contribution < -0.4 is 0 Å². The van der Waals surface area contributed by atoms with Gasteiger partial charge in [-0.2, -0.15) is 0 Å². The van der Waals surface area contributed by atoms with E-state index < -0.39 is 11.0 Å². The smallest absolute Gasteiger partial charge is 0.342 e. The molecule has 90 valence electrons. The van der Waals surface area contributed by atoms with Crippen molar-refractivity contribution < 1.29 is 19.9 Å². The van der Waals surface area contributed by atoms with Gasteiger partial charge < -0.3 is 20.3 Å². The van der Waals surface area contributed by atoms with Crippen LogP contribution >= 0.6 is 0 Å². The van der Waals surface area contributed by atoms with E-state index in [1.54, 1.807) is 13.8 Å². The van der Waals surface area contributed by atoms with Gasteiger partial charge in [0.05, 0.1) is 6.10 Å². The molecule has 2 N–H and O–H groups in total. The summed E-state index contributed by atoms with van der Waals surface area (Å²) in [5.74, 6) is 0.450. The fourth-order valence-corrected chi connectivity index (χ4v) is 1.09. The molecule has 0 amide bonds. The van der Waals surface area contributed by atoms with Crippen LogP contribution in [0.15, 0.2) is 6.20 Å². The standard InChI is InChI=1S/C7H11N3O3.CH2O2/c1-5(11)4-9-6(2)8-3-7(9)10(12)13;2-1-3/h3,5,11H,4H2,1-2H3;1H,(H,2,3). The number of nitro groups is 1.